The van der Waals surface area contributed by atoms with Gasteiger partial charge < -0.3 is 9.30 Å². The number of rotatable bonds is 4. The Kier molecular flexibility index (Phi) is 5.09. The first-order valence-corrected chi connectivity index (χ1v) is 9.00. The molecule has 0 aliphatic carbocycles. The van der Waals surface area contributed by atoms with Crippen LogP contribution in [0.15, 0.2) is 59.1 Å². The molecule has 0 amide bonds. The number of ether oxygens (including phenoxy) is 1. The van der Waals surface area contributed by atoms with Gasteiger partial charge in [-0.1, -0.05) is 47.1 Å². The summed E-state index contributed by atoms with van der Waals surface area (Å²) in [5.41, 5.74) is 5.78. The maximum atomic E-state index is 12.2. The van der Waals surface area contributed by atoms with Gasteiger partial charge in [0.2, 0.25) is 0 Å². The minimum Gasteiger partial charge on any atom is -0.465 e. The second-order valence-corrected chi connectivity index (χ2v) is 6.80. The highest BCUT2D eigenvalue weighted by Crippen LogP contribution is 2.31. The fourth-order valence-corrected chi connectivity index (χ4v) is 3.23. The number of aryl methyl sites for hydroxylation is 1. The van der Waals surface area contributed by atoms with Gasteiger partial charge in [0.25, 0.3) is 0 Å². The molecular weight excluding hydrogens is 378 g/mol. The number of hydrogen-bond donors (Lipinski definition) is 0. The summed E-state index contributed by atoms with van der Waals surface area (Å²) in [6, 6.07) is 18.4. The van der Waals surface area contributed by atoms with Crippen LogP contribution in [0.1, 0.15) is 28.5 Å². The normalized spacial score (nSPS) is 10.7. The minimum absolute atomic E-state index is 0.320. The molecule has 0 unspecified atom stereocenters. The lowest BCUT2D eigenvalue weighted by atomic mass is 10.1. The number of esters is 1. The van der Waals surface area contributed by atoms with Crippen LogP contribution in [0.4, 0.5) is 0 Å². The number of halogens is 1. The highest BCUT2D eigenvalue weighted by Gasteiger charge is 2.20. The van der Waals surface area contributed by atoms with Crippen molar-refractivity contribution in [3.8, 4) is 16.9 Å². The first kappa shape index (κ1) is 17.5. The standard InChI is InChI=1S/C21H20BrNO2/c1-4-15-5-11-18(12-6-15)23-14(2)19(21(24)25-3)13-20(23)16-7-9-17(22)10-8-16/h5-13H,4H2,1-3H3. The zero-order chi connectivity index (χ0) is 18.0. The summed E-state index contributed by atoms with van der Waals surface area (Å²) in [6.45, 7) is 4.08. The molecule has 3 aromatic rings. The van der Waals surface area contributed by atoms with E-state index in [1.54, 1.807) is 0 Å². The monoisotopic (exact) mass is 397 g/mol. The number of hydrogen-bond acceptors (Lipinski definition) is 2. The summed E-state index contributed by atoms with van der Waals surface area (Å²) in [5.74, 6) is -0.320. The van der Waals surface area contributed by atoms with Gasteiger partial charge in [0, 0.05) is 15.9 Å². The number of carbonyl (C=O) groups is 1. The Morgan fingerprint density at radius 2 is 1.72 bits per heavy atom. The maximum absolute atomic E-state index is 12.2. The van der Waals surface area contributed by atoms with Gasteiger partial charge in [-0.2, -0.15) is 0 Å². The number of nitrogens with zero attached hydrogens (tertiary/aromatic N) is 1. The van der Waals surface area contributed by atoms with E-state index in [9.17, 15) is 4.79 Å². The highest BCUT2D eigenvalue weighted by atomic mass is 79.9. The van der Waals surface area contributed by atoms with E-state index < -0.39 is 0 Å². The van der Waals surface area contributed by atoms with E-state index in [1.807, 2.05) is 37.3 Å². The maximum Gasteiger partial charge on any atom is 0.339 e. The SMILES string of the molecule is CCc1ccc(-n2c(-c3ccc(Br)cc3)cc(C(=O)OC)c2C)cc1. The van der Waals surface area contributed by atoms with Crippen LogP contribution in [0, 0.1) is 6.92 Å². The lowest BCUT2D eigenvalue weighted by Gasteiger charge is -2.13. The number of methoxy groups -OCH3 is 1. The van der Waals surface area contributed by atoms with E-state index in [-0.39, 0.29) is 5.97 Å². The quantitative estimate of drug-likeness (QED) is 0.539. The largest absolute Gasteiger partial charge is 0.465 e. The first-order valence-electron chi connectivity index (χ1n) is 8.21. The van der Waals surface area contributed by atoms with Gasteiger partial charge in [-0.3, -0.25) is 0 Å². The molecule has 0 saturated heterocycles. The van der Waals surface area contributed by atoms with Crippen molar-refractivity contribution in [3.63, 3.8) is 0 Å². The molecule has 0 bridgehead atoms. The predicted molar refractivity (Wildman–Crippen MR) is 104 cm³/mol. The van der Waals surface area contributed by atoms with Gasteiger partial charge >= 0.3 is 5.97 Å². The van der Waals surface area contributed by atoms with Gasteiger partial charge in [-0.25, -0.2) is 4.79 Å². The summed E-state index contributed by atoms with van der Waals surface area (Å²) >= 11 is 3.47. The van der Waals surface area contributed by atoms with Crippen molar-refractivity contribution in [1.29, 1.82) is 0 Å². The molecule has 0 atom stereocenters. The zero-order valence-corrected chi connectivity index (χ0v) is 16.1. The Morgan fingerprint density at radius 1 is 1.08 bits per heavy atom. The van der Waals surface area contributed by atoms with Crippen molar-refractivity contribution < 1.29 is 9.53 Å². The van der Waals surface area contributed by atoms with Crippen LogP contribution in [0.3, 0.4) is 0 Å². The average molecular weight is 398 g/mol. The Balaban J connectivity index is 2.21. The van der Waals surface area contributed by atoms with Crippen molar-refractivity contribution in [1.82, 2.24) is 4.57 Å². The zero-order valence-electron chi connectivity index (χ0n) is 14.5. The lowest BCUT2D eigenvalue weighted by Crippen LogP contribution is -2.04. The Hall–Kier alpha value is -2.33. The fourth-order valence-electron chi connectivity index (χ4n) is 2.97. The molecule has 0 saturated carbocycles. The molecule has 0 spiro atoms. The first-order chi connectivity index (χ1) is 12.0. The van der Waals surface area contributed by atoms with Gasteiger partial charge in [-0.05, 0) is 54.8 Å². The molecule has 128 valence electrons. The van der Waals surface area contributed by atoms with Crippen LogP contribution in [0.2, 0.25) is 0 Å². The molecule has 2 aromatic carbocycles. The van der Waals surface area contributed by atoms with Crippen LogP contribution in [0.5, 0.6) is 0 Å². The average Bonchev–Trinajstić information content (AvgIpc) is 2.99. The topological polar surface area (TPSA) is 31.2 Å². The van der Waals surface area contributed by atoms with Gasteiger partial charge in [-0.15, -0.1) is 0 Å². The highest BCUT2D eigenvalue weighted by molar-refractivity contribution is 9.10. The van der Waals surface area contributed by atoms with Crippen LogP contribution in [-0.2, 0) is 11.2 Å². The summed E-state index contributed by atoms with van der Waals surface area (Å²) in [7, 11) is 1.41. The molecule has 0 aliphatic heterocycles. The lowest BCUT2D eigenvalue weighted by molar-refractivity contribution is 0.0600. The molecule has 0 fully saturated rings. The third-order valence-electron chi connectivity index (χ3n) is 4.40. The van der Waals surface area contributed by atoms with E-state index >= 15 is 0 Å². The Morgan fingerprint density at radius 3 is 2.28 bits per heavy atom. The molecule has 3 rings (SSSR count). The molecular formula is C21H20BrNO2. The van der Waals surface area contributed by atoms with Crippen LogP contribution >= 0.6 is 15.9 Å². The third kappa shape index (κ3) is 3.40. The van der Waals surface area contributed by atoms with Crippen LogP contribution in [-0.4, -0.2) is 17.6 Å². The van der Waals surface area contributed by atoms with Gasteiger partial charge in [0.1, 0.15) is 0 Å². The fraction of sp³-hybridized carbons (Fsp3) is 0.190. The van der Waals surface area contributed by atoms with Gasteiger partial charge in [0.15, 0.2) is 0 Å². The van der Waals surface area contributed by atoms with Crippen molar-refractivity contribution in [2.24, 2.45) is 0 Å². The molecule has 1 aromatic heterocycles. The molecule has 0 radical (unpaired) electrons. The Bertz CT molecular complexity index is 893. The Labute approximate surface area is 156 Å². The van der Waals surface area contributed by atoms with Crippen LogP contribution < -0.4 is 0 Å². The molecule has 1 heterocycles. The summed E-state index contributed by atoms with van der Waals surface area (Å²) < 4.78 is 8.08. The predicted octanol–water partition coefficient (Wildman–Crippen LogP) is 5.56. The molecule has 25 heavy (non-hydrogen) atoms. The number of aromatic nitrogens is 1. The number of carbonyl (C=O) groups excluding carboxylic acids is 1. The third-order valence-corrected chi connectivity index (χ3v) is 4.92. The van der Waals surface area contributed by atoms with Crippen molar-refractivity contribution in [2.45, 2.75) is 20.3 Å². The van der Waals surface area contributed by atoms with E-state index in [0.29, 0.717) is 5.56 Å². The van der Waals surface area contributed by atoms with Crippen molar-refractivity contribution in [3.05, 3.63) is 75.9 Å². The second kappa shape index (κ2) is 7.28. The molecule has 4 heteroatoms. The van der Waals surface area contributed by atoms with E-state index in [2.05, 4.69) is 51.7 Å². The minimum atomic E-state index is -0.320. The molecule has 0 aliphatic rings. The van der Waals surface area contributed by atoms with Crippen LogP contribution in [0.25, 0.3) is 16.9 Å². The molecule has 3 nitrogen and oxygen atoms in total. The summed E-state index contributed by atoms with van der Waals surface area (Å²) in [5, 5.41) is 0. The summed E-state index contributed by atoms with van der Waals surface area (Å²) in [4.78, 5) is 12.2. The second-order valence-electron chi connectivity index (χ2n) is 5.88. The number of benzene rings is 2. The van der Waals surface area contributed by atoms with Gasteiger partial charge in [0.05, 0.1) is 18.4 Å². The molecule has 0 N–H and O–H groups in total. The van der Waals surface area contributed by atoms with Crippen molar-refractivity contribution >= 4 is 21.9 Å². The van der Waals surface area contributed by atoms with E-state index in [0.717, 1.165) is 33.5 Å². The van der Waals surface area contributed by atoms with E-state index in [1.165, 1.54) is 12.7 Å². The summed E-state index contributed by atoms with van der Waals surface area (Å²) in [6.07, 6.45) is 0.998. The smallest absolute Gasteiger partial charge is 0.339 e. The van der Waals surface area contributed by atoms with E-state index in [4.69, 9.17) is 4.74 Å². The van der Waals surface area contributed by atoms with Crippen molar-refractivity contribution in [2.75, 3.05) is 7.11 Å².